The van der Waals surface area contributed by atoms with Crippen molar-refractivity contribution >= 4 is 39.1 Å². The van der Waals surface area contributed by atoms with Crippen LogP contribution in [0.2, 0.25) is 0 Å². The van der Waals surface area contributed by atoms with Crippen molar-refractivity contribution in [3.8, 4) is 5.40 Å². The predicted molar refractivity (Wildman–Crippen MR) is 83.5 cm³/mol. The number of aryl methyl sites for hydroxylation is 1. The van der Waals surface area contributed by atoms with E-state index in [2.05, 4.69) is 12.6 Å². The van der Waals surface area contributed by atoms with Crippen molar-refractivity contribution in [3.05, 3.63) is 29.8 Å². The second-order valence-electron chi connectivity index (χ2n) is 3.64. The van der Waals surface area contributed by atoms with Crippen LogP contribution >= 0.6 is 12.6 Å². The van der Waals surface area contributed by atoms with Crippen LogP contribution in [0.25, 0.3) is 0 Å². The number of nitriles is 1. The van der Waals surface area contributed by atoms with Gasteiger partial charge in [-0.2, -0.15) is 35.3 Å². The molecule has 0 amide bonds. The number of hydrogen-bond acceptors (Lipinski definition) is 7. The molecule has 0 aliphatic carbocycles. The molecule has 0 atom stereocenters. The Balaban J connectivity index is -0.000000305. The first-order chi connectivity index (χ1) is 11.4. The van der Waals surface area contributed by atoms with Crippen molar-refractivity contribution < 1.29 is 53.6 Å². The van der Waals surface area contributed by atoms with Gasteiger partial charge in [0.25, 0.3) is 10.1 Å². The van der Waals surface area contributed by atoms with Gasteiger partial charge in [-0.15, -0.1) is 0 Å². The van der Waals surface area contributed by atoms with Crippen molar-refractivity contribution in [1.82, 2.24) is 0 Å². The van der Waals surface area contributed by atoms with Crippen LogP contribution in [0, 0.1) is 17.6 Å². The molecule has 0 spiro atoms. The minimum Gasteiger partial charge on any atom is -0.475 e. The van der Waals surface area contributed by atoms with Crippen LogP contribution in [0.4, 0.5) is 13.2 Å². The molecule has 0 heterocycles. The zero-order valence-corrected chi connectivity index (χ0v) is 15.0. The molecule has 0 saturated heterocycles. The highest BCUT2D eigenvalue weighted by Crippen LogP contribution is 2.13. The van der Waals surface area contributed by atoms with E-state index < -0.39 is 32.7 Å². The number of carboxylic acids is 1. The van der Waals surface area contributed by atoms with Crippen LogP contribution in [-0.4, -0.2) is 47.7 Å². The Morgan fingerprint density at radius 2 is 1.31 bits per heavy atom. The third-order valence-electron chi connectivity index (χ3n) is 1.56. The Bertz CT molecular complexity index is 789. The Labute approximate surface area is 151 Å². The molecule has 16 heteroatoms. The molecule has 0 bridgehead atoms. The monoisotopic (exact) mass is 443 g/mol. The minimum atomic E-state index is -5.08. The summed E-state index contributed by atoms with van der Waals surface area (Å²) in [5.74, 6) is -2.76. The van der Waals surface area contributed by atoms with Crippen LogP contribution in [0.5, 0.6) is 0 Å². The van der Waals surface area contributed by atoms with Crippen molar-refractivity contribution in [2.45, 2.75) is 18.0 Å². The molecule has 0 aliphatic rings. The normalized spacial score (nSPS) is 10.4. The van der Waals surface area contributed by atoms with Crippen LogP contribution in [0.1, 0.15) is 5.56 Å². The second kappa shape index (κ2) is 12.5. The summed E-state index contributed by atoms with van der Waals surface area (Å²) in [5, 5.41) is 15.8. The van der Waals surface area contributed by atoms with E-state index in [0.29, 0.717) is 0 Å². The molecule has 1 aromatic rings. The summed E-state index contributed by atoms with van der Waals surface area (Å²) in [6, 6.07) is 5.99. The lowest BCUT2D eigenvalue weighted by Crippen LogP contribution is -2.21. The zero-order valence-electron chi connectivity index (χ0n) is 12.5. The topological polar surface area (TPSA) is 190 Å². The zero-order chi connectivity index (χ0) is 21.8. The van der Waals surface area contributed by atoms with Gasteiger partial charge in [-0.3, -0.25) is 13.7 Å². The number of rotatable bonds is 1. The van der Waals surface area contributed by atoms with Crippen molar-refractivity contribution in [3.63, 3.8) is 0 Å². The Morgan fingerprint density at radius 3 is 1.46 bits per heavy atom. The molecule has 0 aromatic heterocycles. The highest BCUT2D eigenvalue weighted by molar-refractivity contribution is 7.85. The van der Waals surface area contributed by atoms with Crippen LogP contribution in [0.3, 0.4) is 0 Å². The van der Waals surface area contributed by atoms with E-state index in [4.69, 9.17) is 37.2 Å². The number of aliphatic carboxylic acids is 1. The molecule has 4 N–H and O–H groups in total. The minimum absolute atomic E-state index is 0.0666. The summed E-state index contributed by atoms with van der Waals surface area (Å²) in [7, 11) is -8.69. The van der Waals surface area contributed by atoms with Gasteiger partial charge in [0.05, 0.1) is 4.90 Å². The molecule has 0 fully saturated rings. The standard InChI is InChI=1S/C7H8O3S.C2HF3O2.CHNS.H2O4S/c1-6-2-4-7(5-3-6)11(8,9)10;3-2(4,5)1(6)7;2-1-3;1-5(2,3)4/h2-5H,1H3,(H,8,9,10);(H,6,7);3H;(H2,1,2,3,4). The lowest BCUT2D eigenvalue weighted by Gasteiger charge is -1.95. The number of thiocyanates is 1. The van der Waals surface area contributed by atoms with Gasteiger partial charge in [-0.25, -0.2) is 4.79 Å². The number of nitrogens with zero attached hydrogens (tertiary/aromatic N) is 1. The van der Waals surface area contributed by atoms with E-state index >= 15 is 0 Å². The number of carboxylic acid groups (broad SMARTS) is 1. The van der Waals surface area contributed by atoms with E-state index in [9.17, 15) is 21.6 Å². The first kappa shape index (κ1) is 28.9. The molecular formula is C10H12F3NO9S3. The van der Waals surface area contributed by atoms with Gasteiger partial charge in [0.15, 0.2) is 0 Å². The van der Waals surface area contributed by atoms with E-state index in [1.165, 1.54) is 17.5 Å². The van der Waals surface area contributed by atoms with Crippen molar-refractivity contribution in [2.75, 3.05) is 0 Å². The van der Waals surface area contributed by atoms with Crippen LogP contribution in [-0.2, 0) is 25.3 Å². The average molecular weight is 443 g/mol. The lowest BCUT2D eigenvalue weighted by atomic mass is 10.2. The third kappa shape index (κ3) is 24.4. The first-order valence-electron chi connectivity index (χ1n) is 5.43. The predicted octanol–water partition coefficient (Wildman–Crippen LogP) is 1.62. The van der Waals surface area contributed by atoms with Crippen molar-refractivity contribution in [1.29, 1.82) is 5.26 Å². The summed E-state index contributed by atoms with van der Waals surface area (Å²) in [6.45, 7) is 1.84. The fourth-order valence-corrected chi connectivity index (χ4v) is 1.19. The van der Waals surface area contributed by atoms with Gasteiger partial charge >= 0.3 is 22.5 Å². The lowest BCUT2D eigenvalue weighted by molar-refractivity contribution is -0.192. The maximum atomic E-state index is 10.6. The first-order valence-corrected chi connectivity index (χ1v) is 8.72. The number of thiol groups is 1. The maximum absolute atomic E-state index is 10.6. The molecule has 150 valence electrons. The molecule has 0 unspecified atom stereocenters. The summed E-state index contributed by atoms with van der Waals surface area (Å²) in [6.07, 6.45) is -5.08. The fraction of sp³-hybridized carbons (Fsp3) is 0.200. The molecule has 10 nitrogen and oxygen atoms in total. The smallest absolute Gasteiger partial charge is 0.475 e. The highest BCUT2D eigenvalue weighted by Gasteiger charge is 2.38. The number of alkyl halides is 3. The van der Waals surface area contributed by atoms with Gasteiger partial charge in [-0.05, 0) is 19.1 Å². The quantitative estimate of drug-likeness (QED) is 0.242. The summed E-state index contributed by atoms with van der Waals surface area (Å²) in [4.78, 5) is 8.83. The number of halogens is 3. The number of carbonyl (C=O) groups is 1. The SMILES string of the molecule is Cc1ccc(S(=O)(=O)O)cc1.N#CS.O=C(O)C(F)(F)F.O=S(=O)(O)O. The fourth-order valence-electron chi connectivity index (χ4n) is 0.710. The Hall–Kier alpha value is -1.90. The molecule has 0 aliphatic heterocycles. The Kier molecular flexibility index (Phi) is 13.8. The molecule has 0 radical (unpaired) electrons. The van der Waals surface area contributed by atoms with E-state index in [1.54, 1.807) is 12.1 Å². The molecule has 26 heavy (non-hydrogen) atoms. The average Bonchev–Trinajstić information content (AvgIpc) is 2.36. The van der Waals surface area contributed by atoms with Crippen LogP contribution < -0.4 is 0 Å². The summed E-state index contributed by atoms with van der Waals surface area (Å²) >= 11 is 3.09. The molecule has 0 saturated carbocycles. The number of benzene rings is 1. The van der Waals surface area contributed by atoms with Gasteiger partial charge in [0, 0.05) is 0 Å². The largest absolute Gasteiger partial charge is 0.490 e. The second-order valence-corrected chi connectivity index (χ2v) is 6.16. The highest BCUT2D eigenvalue weighted by atomic mass is 32.3. The third-order valence-corrected chi connectivity index (χ3v) is 2.43. The maximum Gasteiger partial charge on any atom is 0.490 e. The number of hydrogen-bond donors (Lipinski definition) is 5. The molecule has 1 rings (SSSR count). The van der Waals surface area contributed by atoms with Gasteiger partial charge in [-0.1, -0.05) is 30.3 Å². The summed E-state index contributed by atoms with van der Waals surface area (Å²) in [5.41, 5.74) is 0.956. The van der Waals surface area contributed by atoms with E-state index in [1.807, 2.05) is 6.92 Å². The van der Waals surface area contributed by atoms with Gasteiger partial charge in [0.1, 0.15) is 5.40 Å². The van der Waals surface area contributed by atoms with Gasteiger partial charge in [0.2, 0.25) is 0 Å². The van der Waals surface area contributed by atoms with E-state index in [0.717, 1.165) is 5.56 Å². The van der Waals surface area contributed by atoms with Crippen molar-refractivity contribution in [2.24, 2.45) is 0 Å². The summed E-state index contributed by atoms with van der Waals surface area (Å²) < 4.78 is 92.9. The van der Waals surface area contributed by atoms with Crippen LogP contribution in [0.15, 0.2) is 29.2 Å². The van der Waals surface area contributed by atoms with E-state index in [-0.39, 0.29) is 4.90 Å². The Morgan fingerprint density at radius 1 is 1.08 bits per heavy atom. The molecule has 1 aromatic carbocycles. The van der Waals surface area contributed by atoms with Gasteiger partial charge < -0.3 is 5.11 Å². The molecular weight excluding hydrogens is 431 g/mol.